The minimum Gasteiger partial charge on any atom is -0.493 e. The number of nitrogens with one attached hydrogen (secondary N) is 1. The van der Waals surface area contributed by atoms with Crippen molar-refractivity contribution in [1.82, 2.24) is 5.32 Å². The van der Waals surface area contributed by atoms with E-state index in [0.717, 1.165) is 22.1 Å². The van der Waals surface area contributed by atoms with E-state index in [0.29, 0.717) is 13.2 Å². The lowest BCUT2D eigenvalue weighted by Gasteiger charge is -2.17. The largest absolute Gasteiger partial charge is 0.493 e. The van der Waals surface area contributed by atoms with Gasteiger partial charge in [0.1, 0.15) is 12.4 Å². The average Bonchev–Trinajstić information content (AvgIpc) is 2.85. The first kappa shape index (κ1) is 14.5. The van der Waals surface area contributed by atoms with E-state index in [4.69, 9.17) is 9.47 Å². The van der Waals surface area contributed by atoms with Crippen molar-refractivity contribution in [2.24, 2.45) is 0 Å². The fourth-order valence-corrected chi connectivity index (χ4v) is 2.46. The number of carbonyl (C=O) groups excluding carboxylic acids is 1. The molecule has 1 heterocycles. The number of halogens is 1. The van der Waals surface area contributed by atoms with Crippen LogP contribution in [0.15, 0.2) is 36.4 Å². The molecule has 1 aliphatic rings. The highest BCUT2D eigenvalue weighted by molar-refractivity contribution is 5.89. The van der Waals surface area contributed by atoms with Crippen molar-refractivity contribution in [2.75, 3.05) is 13.2 Å². The standard InChI is InChI=1S/C15H15NO3.ClH/c1-2-18-13-8-7-10-5-3-4-6-11(10)14(13)12-9-19-15(17)16-12;/h3-8,12H,2,9H2,1H3,(H,16,17);1H/t12-;/m0./s1. The van der Waals surface area contributed by atoms with Gasteiger partial charge in [-0.05, 0) is 23.8 Å². The highest BCUT2D eigenvalue weighted by Gasteiger charge is 2.28. The number of carbonyl (C=O) groups is 1. The fourth-order valence-electron chi connectivity index (χ4n) is 2.46. The SMILES string of the molecule is CCOc1ccc2ccccc2c1[C@@H]1COC(=O)N1.Cl. The zero-order valence-electron chi connectivity index (χ0n) is 11.1. The van der Waals surface area contributed by atoms with E-state index < -0.39 is 0 Å². The van der Waals surface area contributed by atoms with Gasteiger partial charge in [-0.25, -0.2) is 4.79 Å². The fraction of sp³-hybridized carbons (Fsp3) is 0.267. The number of benzene rings is 2. The van der Waals surface area contributed by atoms with Crippen molar-refractivity contribution in [3.63, 3.8) is 0 Å². The van der Waals surface area contributed by atoms with Gasteiger partial charge in [0, 0.05) is 5.56 Å². The Kier molecular flexibility index (Phi) is 4.35. The molecule has 1 amide bonds. The van der Waals surface area contributed by atoms with Gasteiger partial charge in [0.25, 0.3) is 0 Å². The minimum absolute atomic E-state index is 0. The van der Waals surface area contributed by atoms with Crippen molar-refractivity contribution in [1.29, 1.82) is 0 Å². The molecule has 20 heavy (non-hydrogen) atoms. The molecule has 1 aliphatic heterocycles. The van der Waals surface area contributed by atoms with Crippen LogP contribution in [0.5, 0.6) is 5.75 Å². The first-order valence-corrected chi connectivity index (χ1v) is 6.37. The van der Waals surface area contributed by atoms with E-state index in [-0.39, 0.29) is 24.5 Å². The van der Waals surface area contributed by atoms with Crippen LogP contribution in [0.2, 0.25) is 0 Å². The van der Waals surface area contributed by atoms with E-state index in [9.17, 15) is 4.79 Å². The van der Waals surface area contributed by atoms with E-state index >= 15 is 0 Å². The highest BCUT2D eigenvalue weighted by atomic mass is 35.5. The van der Waals surface area contributed by atoms with Gasteiger partial charge in [-0.1, -0.05) is 30.3 Å². The molecular formula is C15H16ClNO3. The summed E-state index contributed by atoms with van der Waals surface area (Å²) in [6, 6.07) is 11.9. The lowest BCUT2D eigenvalue weighted by Crippen LogP contribution is -2.19. The third-order valence-electron chi connectivity index (χ3n) is 3.25. The summed E-state index contributed by atoms with van der Waals surface area (Å²) in [6.07, 6.45) is -0.375. The summed E-state index contributed by atoms with van der Waals surface area (Å²) in [6.45, 7) is 2.88. The summed E-state index contributed by atoms with van der Waals surface area (Å²) in [7, 11) is 0. The van der Waals surface area contributed by atoms with Crippen molar-refractivity contribution in [3.05, 3.63) is 42.0 Å². The Hall–Kier alpha value is -1.94. The Morgan fingerprint density at radius 2 is 2.10 bits per heavy atom. The van der Waals surface area contributed by atoms with Crippen LogP contribution >= 0.6 is 12.4 Å². The topological polar surface area (TPSA) is 47.6 Å². The van der Waals surface area contributed by atoms with Crippen LogP contribution in [0, 0.1) is 0 Å². The van der Waals surface area contributed by atoms with Crippen molar-refractivity contribution < 1.29 is 14.3 Å². The number of amides is 1. The first-order chi connectivity index (χ1) is 9.29. The van der Waals surface area contributed by atoms with Crippen LogP contribution in [-0.2, 0) is 4.74 Å². The number of fused-ring (bicyclic) bond motifs is 1. The molecule has 5 heteroatoms. The third-order valence-corrected chi connectivity index (χ3v) is 3.25. The molecule has 1 N–H and O–H groups in total. The van der Waals surface area contributed by atoms with Gasteiger partial charge >= 0.3 is 6.09 Å². The maximum atomic E-state index is 11.3. The number of cyclic esters (lactones) is 1. The first-order valence-electron chi connectivity index (χ1n) is 6.37. The third kappa shape index (κ3) is 2.51. The predicted octanol–water partition coefficient (Wildman–Crippen LogP) is 3.44. The van der Waals surface area contributed by atoms with Crippen LogP contribution in [0.1, 0.15) is 18.5 Å². The Morgan fingerprint density at radius 1 is 1.30 bits per heavy atom. The molecule has 2 aromatic carbocycles. The van der Waals surface area contributed by atoms with Crippen LogP contribution in [-0.4, -0.2) is 19.3 Å². The van der Waals surface area contributed by atoms with Crippen LogP contribution in [0.4, 0.5) is 4.79 Å². The van der Waals surface area contributed by atoms with Gasteiger partial charge in [-0.2, -0.15) is 0 Å². The Balaban J connectivity index is 0.00000147. The second kappa shape index (κ2) is 6.01. The van der Waals surface area contributed by atoms with E-state index in [1.807, 2.05) is 43.3 Å². The van der Waals surface area contributed by atoms with Crippen LogP contribution < -0.4 is 10.1 Å². The smallest absolute Gasteiger partial charge is 0.407 e. The molecule has 4 nitrogen and oxygen atoms in total. The molecule has 0 bridgehead atoms. The molecule has 1 fully saturated rings. The van der Waals surface area contributed by atoms with Gasteiger partial charge < -0.3 is 14.8 Å². The van der Waals surface area contributed by atoms with Crippen molar-refractivity contribution in [3.8, 4) is 5.75 Å². The molecule has 106 valence electrons. The number of hydrogen-bond acceptors (Lipinski definition) is 3. The van der Waals surface area contributed by atoms with Gasteiger partial charge in [-0.15, -0.1) is 12.4 Å². The molecule has 2 aromatic rings. The number of ether oxygens (including phenoxy) is 2. The molecule has 0 spiro atoms. The van der Waals surface area contributed by atoms with Gasteiger partial charge in [-0.3, -0.25) is 0 Å². The van der Waals surface area contributed by atoms with Gasteiger partial charge in [0.2, 0.25) is 0 Å². The zero-order valence-corrected chi connectivity index (χ0v) is 11.9. The minimum atomic E-state index is -0.375. The molecule has 1 saturated heterocycles. The summed E-state index contributed by atoms with van der Waals surface area (Å²) in [5.74, 6) is 0.803. The molecule has 3 rings (SSSR count). The summed E-state index contributed by atoms with van der Waals surface area (Å²) in [4.78, 5) is 11.3. The van der Waals surface area contributed by atoms with Crippen LogP contribution in [0.3, 0.4) is 0 Å². The molecule has 1 atom stereocenters. The summed E-state index contributed by atoms with van der Waals surface area (Å²) in [5.41, 5.74) is 0.991. The van der Waals surface area contributed by atoms with E-state index in [2.05, 4.69) is 5.32 Å². The maximum absolute atomic E-state index is 11.3. The highest BCUT2D eigenvalue weighted by Crippen LogP contribution is 2.34. The quantitative estimate of drug-likeness (QED) is 0.943. The van der Waals surface area contributed by atoms with Crippen LogP contribution in [0.25, 0.3) is 10.8 Å². The average molecular weight is 294 g/mol. The van der Waals surface area contributed by atoms with Crippen molar-refractivity contribution >= 4 is 29.3 Å². The molecule has 0 aromatic heterocycles. The van der Waals surface area contributed by atoms with E-state index in [1.165, 1.54) is 0 Å². The number of alkyl carbamates (subject to hydrolysis) is 1. The van der Waals surface area contributed by atoms with Gasteiger partial charge in [0.05, 0.1) is 12.6 Å². The van der Waals surface area contributed by atoms with E-state index in [1.54, 1.807) is 0 Å². The molecule has 0 unspecified atom stereocenters. The summed E-state index contributed by atoms with van der Waals surface area (Å²) in [5, 5.41) is 5.03. The lowest BCUT2D eigenvalue weighted by molar-refractivity contribution is 0.176. The molecular weight excluding hydrogens is 278 g/mol. The predicted molar refractivity (Wildman–Crippen MR) is 79.6 cm³/mol. The number of rotatable bonds is 3. The van der Waals surface area contributed by atoms with Crippen molar-refractivity contribution in [2.45, 2.75) is 13.0 Å². The second-order valence-corrected chi connectivity index (χ2v) is 4.43. The zero-order chi connectivity index (χ0) is 13.2. The monoisotopic (exact) mass is 293 g/mol. The second-order valence-electron chi connectivity index (χ2n) is 4.43. The Bertz CT molecular complexity index is 630. The summed E-state index contributed by atoms with van der Waals surface area (Å²) >= 11 is 0. The molecule has 0 aliphatic carbocycles. The summed E-state index contributed by atoms with van der Waals surface area (Å²) < 4.78 is 10.7. The maximum Gasteiger partial charge on any atom is 0.407 e. The molecule has 0 radical (unpaired) electrons. The Labute approximate surface area is 123 Å². The lowest BCUT2D eigenvalue weighted by atomic mass is 9.98. The normalized spacial score (nSPS) is 17.2. The Morgan fingerprint density at radius 3 is 2.80 bits per heavy atom. The molecule has 0 saturated carbocycles. The van der Waals surface area contributed by atoms with Gasteiger partial charge in [0.15, 0.2) is 0 Å². The number of hydrogen-bond donors (Lipinski definition) is 1.